The van der Waals surface area contributed by atoms with Crippen LogP contribution in [0.15, 0.2) is 77.6 Å². The van der Waals surface area contributed by atoms with E-state index in [0.717, 1.165) is 6.42 Å². The average Bonchev–Trinajstić information content (AvgIpc) is 2.91. The van der Waals surface area contributed by atoms with E-state index in [1.807, 2.05) is 62.4 Å². The van der Waals surface area contributed by atoms with Crippen molar-refractivity contribution in [3.63, 3.8) is 0 Å². The minimum atomic E-state index is -0.489. The lowest BCUT2D eigenvalue weighted by Gasteiger charge is -2.30. The third-order valence-corrected chi connectivity index (χ3v) is 5.98. The average molecular weight is 472 g/mol. The Labute approximate surface area is 204 Å². The van der Waals surface area contributed by atoms with E-state index in [1.165, 1.54) is 0 Å². The number of nitrogens with zero attached hydrogens (tertiary/aromatic N) is 3. The number of amides is 1. The van der Waals surface area contributed by atoms with E-state index < -0.39 is 6.04 Å². The molecule has 0 saturated heterocycles. The number of aromatic nitrogens is 2. The second-order valence-electron chi connectivity index (χ2n) is 8.24. The van der Waals surface area contributed by atoms with Crippen molar-refractivity contribution in [1.82, 2.24) is 14.5 Å². The van der Waals surface area contributed by atoms with E-state index in [0.29, 0.717) is 46.0 Å². The smallest absolute Gasteiger partial charge is 0.266 e. The van der Waals surface area contributed by atoms with Crippen molar-refractivity contribution < 1.29 is 14.3 Å². The molecule has 1 aromatic heterocycles. The van der Waals surface area contributed by atoms with E-state index in [4.69, 9.17) is 14.5 Å². The lowest BCUT2D eigenvalue weighted by Crippen LogP contribution is -2.38. The van der Waals surface area contributed by atoms with Crippen molar-refractivity contribution in [2.45, 2.75) is 26.3 Å². The number of carbonyl (C=O) groups excluding carboxylic acids is 1. The molecule has 0 aliphatic heterocycles. The Kier molecular flexibility index (Phi) is 7.15. The van der Waals surface area contributed by atoms with Crippen molar-refractivity contribution in [2.75, 3.05) is 20.8 Å². The van der Waals surface area contributed by atoms with Crippen molar-refractivity contribution >= 4 is 16.8 Å². The molecule has 0 radical (unpaired) electrons. The number of methoxy groups -OCH3 is 2. The molecule has 0 saturated carbocycles. The highest BCUT2D eigenvalue weighted by atomic mass is 16.5. The highest BCUT2D eigenvalue weighted by Crippen LogP contribution is 2.28. The van der Waals surface area contributed by atoms with Gasteiger partial charge in [0.15, 0.2) is 0 Å². The van der Waals surface area contributed by atoms with Gasteiger partial charge in [-0.05, 0) is 49.7 Å². The third-order valence-electron chi connectivity index (χ3n) is 5.98. The summed E-state index contributed by atoms with van der Waals surface area (Å²) in [5.41, 5.74) is 1.56. The van der Waals surface area contributed by atoms with Crippen LogP contribution < -0.4 is 15.0 Å². The van der Waals surface area contributed by atoms with Crippen LogP contribution in [0.25, 0.3) is 16.6 Å². The van der Waals surface area contributed by atoms with Crippen molar-refractivity contribution in [1.29, 1.82) is 0 Å². The molecule has 0 bridgehead atoms. The Morgan fingerprint density at radius 1 is 0.971 bits per heavy atom. The van der Waals surface area contributed by atoms with Gasteiger partial charge in [-0.2, -0.15) is 0 Å². The molecule has 4 aromatic rings. The zero-order valence-electron chi connectivity index (χ0n) is 20.4. The van der Waals surface area contributed by atoms with Crippen LogP contribution in [-0.2, 0) is 0 Å². The molecule has 1 heterocycles. The molecule has 1 unspecified atom stereocenters. The Morgan fingerprint density at radius 2 is 1.60 bits per heavy atom. The van der Waals surface area contributed by atoms with Crippen LogP contribution in [-0.4, -0.2) is 41.1 Å². The van der Waals surface area contributed by atoms with Gasteiger partial charge in [0.25, 0.3) is 11.5 Å². The number of benzene rings is 3. The Bertz CT molecular complexity index is 1380. The quantitative estimate of drug-likeness (QED) is 0.361. The van der Waals surface area contributed by atoms with Crippen LogP contribution in [0.4, 0.5) is 0 Å². The van der Waals surface area contributed by atoms with Gasteiger partial charge in [0.1, 0.15) is 17.3 Å². The molecule has 1 atom stereocenters. The van der Waals surface area contributed by atoms with Gasteiger partial charge in [0.05, 0.1) is 36.9 Å². The van der Waals surface area contributed by atoms with Crippen LogP contribution in [0.1, 0.15) is 42.5 Å². The zero-order chi connectivity index (χ0) is 24.9. The first-order chi connectivity index (χ1) is 17.0. The zero-order valence-corrected chi connectivity index (χ0v) is 20.4. The lowest BCUT2D eigenvalue weighted by atomic mass is 10.1. The van der Waals surface area contributed by atoms with E-state index in [-0.39, 0.29) is 11.5 Å². The van der Waals surface area contributed by atoms with E-state index >= 15 is 0 Å². The number of para-hydroxylation sites is 2. The van der Waals surface area contributed by atoms with Gasteiger partial charge in [-0.25, -0.2) is 4.98 Å². The summed E-state index contributed by atoms with van der Waals surface area (Å²) in [6, 6.07) is 21.3. The molecule has 0 aliphatic carbocycles. The maximum absolute atomic E-state index is 13.8. The molecule has 7 heteroatoms. The van der Waals surface area contributed by atoms with Crippen LogP contribution in [0.5, 0.6) is 11.5 Å². The second-order valence-corrected chi connectivity index (χ2v) is 8.24. The molecule has 0 fully saturated rings. The largest absolute Gasteiger partial charge is 0.497 e. The minimum absolute atomic E-state index is 0.171. The van der Waals surface area contributed by atoms with Crippen LogP contribution in [0.2, 0.25) is 0 Å². The van der Waals surface area contributed by atoms with Crippen molar-refractivity contribution in [3.8, 4) is 17.2 Å². The molecular formula is C28H29N3O4. The molecule has 4 rings (SSSR count). The Hall–Kier alpha value is -4.13. The molecule has 0 N–H and O–H groups in total. The van der Waals surface area contributed by atoms with Crippen LogP contribution in [0, 0.1) is 0 Å². The molecule has 3 aromatic carbocycles. The summed E-state index contributed by atoms with van der Waals surface area (Å²) in [5.74, 6) is 1.36. The first-order valence-corrected chi connectivity index (χ1v) is 11.6. The number of rotatable bonds is 8. The summed E-state index contributed by atoms with van der Waals surface area (Å²) in [7, 11) is 3.10. The number of carbonyl (C=O) groups is 1. The summed E-state index contributed by atoms with van der Waals surface area (Å²) >= 11 is 0. The van der Waals surface area contributed by atoms with Gasteiger partial charge >= 0.3 is 0 Å². The Morgan fingerprint density at radius 3 is 2.23 bits per heavy atom. The fourth-order valence-electron chi connectivity index (χ4n) is 4.20. The first-order valence-electron chi connectivity index (χ1n) is 11.6. The summed E-state index contributed by atoms with van der Waals surface area (Å²) in [5, 5.41) is 0.526. The highest BCUT2D eigenvalue weighted by molar-refractivity contribution is 5.95. The standard InChI is InChI=1S/C28H29N3O4/c1-5-15-30(27(32)20-16-22(34-3)18-23(17-20)35-4)19(2)26-29-25-14-10-9-13-24(25)28(33)31(26)21-11-7-6-8-12-21/h6-14,16-19H,5,15H2,1-4H3. The van der Waals surface area contributed by atoms with Gasteiger partial charge in [-0.1, -0.05) is 37.3 Å². The maximum atomic E-state index is 13.8. The monoisotopic (exact) mass is 471 g/mol. The fraction of sp³-hybridized carbons (Fsp3) is 0.250. The van der Waals surface area contributed by atoms with Gasteiger partial charge in [-0.3, -0.25) is 14.2 Å². The predicted molar refractivity (Wildman–Crippen MR) is 137 cm³/mol. The van der Waals surface area contributed by atoms with Gasteiger partial charge in [0.2, 0.25) is 0 Å². The van der Waals surface area contributed by atoms with E-state index in [9.17, 15) is 9.59 Å². The van der Waals surface area contributed by atoms with E-state index in [2.05, 4.69) is 0 Å². The molecule has 0 spiro atoms. The highest BCUT2D eigenvalue weighted by Gasteiger charge is 2.27. The second kappa shape index (κ2) is 10.4. The molecule has 180 valence electrons. The first kappa shape index (κ1) is 24.0. The van der Waals surface area contributed by atoms with Crippen molar-refractivity contribution in [2.24, 2.45) is 0 Å². The van der Waals surface area contributed by atoms with E-state index in [1.54, 1.807) is 48.0 Å². The third kappa shape index (κ3) is 4.75. The molecule has 35 heavy (non-hydrogen) atoms. The predicted octanol–water partition coefficient (Wildman–Crippen LogP) is 5.02. The lowest BCUT2D eigenvalue weighted by molar-refractivity contribution is 0.0680. The summed E-state index contributed by atoms with van der Waals surface area (Å²) in [6.45, 7) is 4.40. The summed E-state index contributed by atoms with van der Waals surface area (Å²) in [6.07, 6.45) is 0.736. The Balaban J connectivity index is 1.88. The normalized spacial score (nSPS) is 11.8. The van der Waals surface area contributed by atoms with Gasteiger partial charge in [0, 0.05) is 18.2 Å². The topological polar surface area (TPSA) is 73.7 Å². The number of hydrogen-bond donors (Lipinski definition) is 0. The molecule has 7 nitrogen and oxygen atoms in total. The van der Waals surface area contributed by atoms with Crippen LogP contribution >= 0.6 is 0 Å². The maximum Gasteiger partial charge on any atom is 0.266 e. The van der Waals surface area contributed by atoms with Crippen LogP contribution in [0.3, 0.4) is 0 Å². The van der Waals surface area contributed by atoms with Gasteiger partial charge < -0.3 is 14.4 Å². The molecule has 1 amide bonds. The number of fused-ring (bicyclic) bond motifs is 1. The van der Waals surface area contributed by atoms with Crippen molar-refractivity contribution in [3.05, 3.63) is 94.5 Å². The SMILES string of the molecule is CCCN(C(=O)c1cc(OC)cc(OC)c1)C(C)c1nc2ccccc2c(=O)n1-c1ccccc1. The van der Waals surface area contributed by atoms with Gasteiger partial charge in [-0.15, -0.1) is 0 Å². The fourth-order valence-corrected chi connectivity index (χ4v) is 4.20. The molecule has 0 aliphatic rings. The number of ether oxygens (including phenoxy) is 2. The minimum Gasteiger partial charge on any atom is -0.497 e. The molecular weight excluding hydrogens is 442 g/mol. The summed E-state index contributed by atoms with van der Waals surface area (Å²) in [4.78, 5) is 34.0. The summed E-state index contributed by atoms with van der Waals surface area (Å²) < 4.78 is 12.3. The number of hydrogen-bond acceptors (Lipinski definition) is 5.